The number of esters is 1. The monoisotopic (exact) mass is 303 g/mol. The number of rotatable bonds is 6. The van der Waals surface area contributed by atoms with Gasteiger partial charge in [0.15, 0.2) is 12.4 Å². The highest BCUT2D eigenvalue weighted by Gasteiger charge is 2.14. The highest BCUT2D eigenvalue weighted by atomic mass is 16.5. The van der Waals surface area contributed by atoms with E-state index in [0.29, 0.717) is 11.3 Å². The molecule has 5 nitrogen and oxygen atoms in total. The number of methoxy groups -OCH3 is 1. The Labute approximate surface area is 131 Å². The fourth-order valence-electron chi connectivity index (χ4n) is 1.51. The number of aromatic nitrogens is 1. The van der Waals surface area contributed by atoms with Gasteiger partial charge in [0, 0.05) is 11.8 Å². The molecule has 0 saturated heterocycles. The Bertz CT molecular complexity index is 563. The van der Waals surface area contributed by atoms with Crippen LogP contribution in [0.25, 0.3) is 0 Å². The molecular formula is C17H23N2O3+. The second-order valence-electron chi connectivity index (χ2n) is 3.87. The summed E-state index contributed by atoms with van der Waals surface area (Å²) in [6.45, 7) is 11.2. The van der Waals surface area contributed by atoms with E-state index in [4.69, 9.17) is 0 Å². The van der Waals surface area contributed by atoms with Crippen LogP contribution in [0.3, 0.4) is 0 Å². The molecule has 0 radical (unpaired) electrons. The van der Waals surface area contributed by atoms with Gasteiger partial charge in [-0.05, 0) is 18.2 Å². The number of carbonyl (C=O) groups excluding carboxylic acids is 2. The van der Waals surface area contributed by atoms with Gasteiger partial charge in [0.2, 0.25) is 6.54 Å². The average Bonchev–Trinajstić information content (AvgIpc) is 2.55. The Kier molecular flexibility index (Phi) is 9.67. The molecule has 0 atom stereocenters. The van der Waals surface area contributed by atoms with Crippen molar-refractivity contribution in [1.82, 2.24) is 5.32 Å². The maximum atomic E-state index is 11.8. The van der Waals surface area contributed by atoms with Crippen LogP contribution in [0.15, 0.2) is 61.6 Å². The first-order valence-corrected chi connectivity index (χ1v) is 6.93. The molecule has 0 unspecified atom stereocenters. The molecule has 0 spiro atoms. The van der Waals surface area contributed by atoms with Crippen LogP contribution in [-0.4, -0.2) is 19.0 Å². The number of hydrogen-bond acceptors (Lipinski definition) is 3. The third-order valence-electron chi connectivity index (χ3n) is 2.41. The lowest BCUT2D eigenvalue weighted by Crippen LogP contribution is -2.42. The van der Waals surface area contributed by atoms with Crippen molar-refractivity contribution in [3.05, 3.63) is 67.2 Å². The van der Waals surface area contributed by atoms with Crippen LogP contribution in [0.1, 0.15) is 24.2 Å². The van der Waals surface area contributed by atoms with Gasteiger partial charge >= 0.3 is 5.97 Å². The minimum atomic E-state index is -0.446. The summed E-state index contributed by atoms with van der Waals surface area (Å²) < 4.78 is 6.22. The minimum Gasteiger partial charge on any atom is -0.465 e. The van der Waals surface area contributed by atoms with E-state index in [2.05, 4.69) is 23.2 Å². The Balaban J connectivity index is 0.00000211. The predicted molar refractivity (Wildman–Crippen MR) is 85.9 cm³/mol. The van der Waals surface area contributed by atoms with E-state index in [-0.39, 0.29) is 12.5 Å². The first kappa shape index (κ1) is 19.3. The fourth-order valence-corrected chi connectivity index (χ4v) is 1.51. The largest absolute Gasteiger partial charge is 0.465 e. The number of ether oxygens (including phenoxy) is 1. The smallest absolute Gasteiger partial charge is 0.343 e. The maximum absolute atomic E-state index is 11.8. The first-order chi connectivity index (χ1) is 10.6. The molecule has 1 N–H and O–H groups in total. The summed E-state index contributed by atoms with van der Waals surface area (Å²) in [6.07, 6.45) is 7.96. The van der Waals surface area contributed by atoms with E-state index in [9.17, 15) is 9.59 Å². The topological polar surface area (TPSA) is 59.3 Å². The molecule has 118 valence electrons. The standard InChI is InChI=1S/C15H16N2O3.C2H6/c1-4-7-13(5-2)16-14(18)11-17-9-6-8-12(10-17)15(19)20-3;1-2/h4-10H,1-2,11H2,3H3;1-2H3/p+1/b13-7+;. The second kappa shape index (κ2) is 11.0. The van der Waals surface area contributed by atoms with Crippen LogP contribution in [-0.2, 0) is 16.1 Å². The van der Waals surface area contributed by atoms with E-state index in [1.807, 2.05) is 13.8 Å². The SMILES string of the molecule is C=C/C=C(\C=C)NC(=O)C[n+]1cccc(C(=O)OC)c1.CC. The van der Waals surface area contributed by atoms with Crippen LogP contribution in [0.4, 0.5) is 0 Å². The molecule has 1 aromatic heterocycles. The number of allylic oxidation sites excluding steroid dienone is 3. The van der Waals surface area contributed by atoms with Gasteiger partial charge in [0.1, 0.15) is 5.56 Å². The summed E-state index contributed by atoms with van der Waals surface area (Å²) in [5, 5.41) is 2.67. The predicted octanol–water partition coefficient (Wildman–Crippen LogP) is 2.16. The lowest BCUT2D eigenvalue weighted by Gasteiger charge is -2.03. The molecule has 1 rings (SSSR count). The zero-order valence-corrected chi connectivity index (χ0v) is 13.3. The van der Waals surface area contributed by atoms with Crippen molar-refractivity contribution in [3.8, 4) is 0 Å². The third kappa shape index (κ3) is 6.65. The minimum absolute atomic E-state index is 0.0765. The van der Waals surface area contributed by atoms with E-state index in [0.717, 1.165) is 0 Å². The van der Waals surface area contributed by atoms with Crippen molar-refractivity contribution in [3.63, 3.8) is 0 Å². The highest BCUT2D eigenvalue weighted by molar-refractivity contribution is 5.88. The van der Waals surface area contributed by atoms with E-state index < -0.39 is 5.97 Å². The molecule has 0 aliphatic carbocycles. The summed E-state index contributed by atoms with van der Waals surface area (Å²) in [7, 11) is 1.31. The maximum Gasteiger partial charge on any atom is 0.343 e. The number of amides is 1. The van der Waals surface area contributed by atoms with Crippen molar-refractivity contribution in [1.29, 1.82) is 0 Å². The normalized spacial score (nSPS) is 9.86. The molecule has 0 bridgehead atoms. The van der Waals surface area contributed by atoms with Gasteiger partial charge in [-0.2, -0.15) is 4.57 Å². The van der Waals surface area contributed by atoms with E-state index >= 15 is 0 Å². The average molecular weight is 303 g/mol. The Hall–Kier alpha value is -2.69. The van der Waals surface area contributed by atoms with Gasteiger partial charge in [-0.25, -0.2) is 4.79 Å². The van der Waals surface area contributed by atoms with Crippen LogP contribution in [0, 0.1) is 0 Å². The van der Waals surface area contributed by atoms with Gasteiger partial charge < -0.3 is 10.1 Å². The Morgan fingerprint density at radius 2 is 2.05 bits per heavy atom. The van der Waals surface area contributed by atoms with Gasteiger partial charge in [-0.3, -0.25) is 4.79 Å². The summed E-state index contributed by atoms with van der Waals surface area (Å²) in [4.78, 5) is 23.2. The zero-order valence-electron chi connectivity index (χ0n) is 13.3. The molecule has 1 aromatic rings. The number of pyridine rings is 1. The third-order valence-corrected chi connectivity index (χ3v) is 2.41. The molecule has 0 aliphatic heterocycles. The zero-order chi connectivity index (χ0) is 17.0. The summed E-state index contributed by atoms with van der Waals surface area (Å²) in [5.74, 6) is -0.678. The molecule has 22 heavy (non-hydrogen) atoms. The van der Waals surface area contributed by atoms with Gasteiger partial charge in [0.25, 0.3) is 5.91 Å². The molecule has 0 fully saturated rings. The molecular weight excluding hydrogens is 280 g/mol. The highest BCUT2D eigenvalue weighted by Crippen LogP contribution is 1.97. The second-order valence-corrected chi connectivity index (χ2v) is 3.87. The van der Waals surface area contributed by atoms with Gasteiger partial charge in [-0.15, -0.1) is 0 Å². The van der Waals surface area contributed by atoms with Crippen LogP contribution >= 0.6 is 0 Å². The number of hydrogen-bond donors (Lipinski definition) is 1. The van der Waals surface area contributed by atoms with Crippen molar-refractivity contribution in [2.75, 3.05) is 7.11 Å². The van der Waals surface area contributed by atoms with Gasteiger partial charge in [-0.1, -0.05) is 33.1 Å². The number of nitrogens with zero attached hydrogens (tertiary/aromatic N) is 1. The van der Waals surface area contributed by atoms with E-state index in [1.54, 1.807) is 41.2 Å². The molecule has 0 aliphatic rings. The molecule has 0 aromatic carbocycles. The lowest BCUT2D eigenvalue weighted by molar-refractivity contribution is -0.684. The summed E-state index contributed by atoms with van der Waals surface area (Å²) in [6, 6.07) is 3.29. The number of carbonyl (C=O) groups is 2. The Morgan fingerprint density at radius 1 is 1.36 bits per heavy atom. The Morgan fingerprint density at radius 3 is 2.59 bits per heavy atom. The summed E-state index contributed by atoms with van der Waals surface area (Å²) in [5.41, 5.74) is 0.947. The first-order valence-electron chi connectivity index (χ1n) is 6.93. The quantitative estimate of drug-likeness (QED) is 0.498. The molecule has 5 heteroatoms. The van der Waals surface area contributed by atoms with Gasteiger partial charge in [0.05, 0.1) is 7.11 Å². The van der Waals surface area contributed by atoms with E-state index in [1.165, 1.54) is 13.2 Å². The number of nitrogens with one attached hydrogen (secondary N) is 1. The van der Waals surface area contributed by atoms with Crippen molar-refractivity contribution in [2.24, 2.45) is 0 Å². The fraction of sp³-hybridized carbons (Fsp3) is 0.235. The van der Waals surface area contributed by atoms with Crippen LogP contribution in [0.2, 0.25) is 0 Å². The lowest BCUT2D eigenvalue weighted by atomic mass is 10.3. The molecule has 1 amide bonds. The van der Waals surface area contributed by atoms with Crippen LogP contribution < -0.4 is 9.88 Å². The molecule has 0 saturated carbocycles. The van der Waals surface area contributed by atoms with Crippen molar-refractivity contribution in [2.45, 2.75) is 20.4 Å². The summed E-state index contributed by atoms with van der Waals surface area (Å²) >= 11 is 0. The molecule has 1 heterocycles. The van der Waals surface area contributed by atoms with Crippen molar-refractivity contribution >= 4 is 11.9 Å². The van der Waals surface area contributed by atoms with Crippen molar-refractivity contribution < 1.29 is 18.9 Å². The van der Waals surface area contributed by atoms with Crippen LogP contribution in [0.5, 0.6) is 0 Å².